The highest BCUT2D eigenvalue weighted by Gasteiger charge is 2.03. The molecule has 16 heavy (non-hydrogen) atoms. The van der Waals surface area contributed by atoms with Crippen LogP contribution in [0.2, 0.25) is 0 Å². The third-order valence-electron chi connectivity index (χ3n) is 2.38. The monoisotopic (exact) mass is 211 g/mol. The maximum atomic E-state index is 5.56. The maximum Gasteiger partial charge on any atom is 0.145 e. The number of aromatic amines is 1. The van der Waals surface area contributed by atoms with Gasteiger partial charge in [0.1, 0.15) is 5.82 Å². The van der Waals surface area contributed by atoms with Crippen LogP contribution in [-0.2, 0) is 0 Å². The lowest BCUT2D eigenvalue weighted by Gasteiger charge is -1.99. The van der Waals surface area contributed by atoms with Gasteiger partial charge in [-0.15, -0.1) is 0 Å². The second-order valence-corrected chi connectivity index (χ2v) is 3.47. The Bertz CT molecular complexity index is 643. The highest BCUT2D eigenvalue weighted by molar-refractivity contribution is 5.80. The summed E-state index contributed by atoms with van der Waals surface area (Å²) in [5, 5.41) is 6.75. The van der Waals surface area contributed by atoms with Crippen molar-refractivity contribution in [2.75, 3.05) is 5.73 Å². The molecule has 0 saturated carbocycles. The number of anilines is 1. The lowest BCUT2D eigenvalue weighted by atomic mass is 10.1. The van der Waals surface area contributed by atoms with Crippen LogP contribution in [0.1, 0.15) is 0 Å². The van der Waals surface area contributed by atoms with E-state index in [0.717, 1.165) is 22.3 Å². The summed E-state index contributed by atoms with van der Waals surface area (Å²) < 4.78 is 0. The molecule has 5 heteroatoms. The Labute approximate surface area is 91.3 Å². The first-order valence-electron chi connectivity index (χ1n) is 4.85. The molecule has 0 unspecified atom stereocenters. The van der Waals surface area contributed by atoms with Gasteiger partial charge in [-0.3, -0.25) is 15.1 Å². The van der Waals surface area contributed by atoms with Gasteiger partial charge in [-0.2, -0.15) is 5.10 Å². The molecule has 0 bridgehead atoms. The number of hydrogen-bond acceptors (Lipinski definition) is 4. The van der Waals surface area contributed by atoms with Crippen LogP contribution < -0.4 is 5.73 Å². The zero-order chi connectivity index (χ0) is 11.0. The Morgan fingerprint density at radius 1 is 1.00 bits per heavy atom. The van der Waals surface area contributed by atoms with Crippen LogP contribution in [-0.4, -0.2) is 20.2 Å². The van der Waals surface area contributed by atoms with Gasteiger partial charge in [0.25, 0.3) is 0 Å². The minimum Gasteiger partial charge on any atom is -0.382 e. The molecular formula is C11H9N5. The molecule has 0 spiro atoms. The van der Waals surface area contributed by atoms with E-state index < -0.39 is 0 Å². The number of nitrogens with zero attached hydrogens (tertiary/aromatic N) is 3. The van der Waals surface area contributed by atoms with E-state index in [0.29, 0.717) is 5.82 Å². The molecule has 78 valence electrons. The van der Waals surface area contributed by atoms with Crippen molar-refractivity contribution in [3.8, 4) is 11.3 Å². The van der Waals surface area contributed by atoms with E-state index in [9.17, 15) is 0 Å². The van der Waals surface area contributed by atoms with Gasteiger partial charge in [0, 0.05) is 24.0 Å². The Morgan fingerprint density at radius 3 is 2.56 bits per heavy atom. The third kappa shape index (κ3) is 1.38. The molecule has 0 aliphatic rings. The molecule has 0 saturated heterocycles. The molecule has 0 aliphatic heterocycles. The van der Waals surface area contributed by atoms with E-state index >= 15 is 0 Å². The molecule has 2 aromatic heterocycles. The summed E-state index contributed by atoms with van der Waals surface area (Å²) in [6.45, 7) is 0. The Morgan fingerprint density at radius 2 is 1.81 bits per heavy atom. The molecule has 2 heterocycles. The fraction of sp³-hybridized carbons (Fsp3) is 0. The van der Waals surface area contributed by atoms with Crippen molar-refractivity contribution in [3.05, 3.63) is 36.7 Å². The van der Waals surface area contributed by atoms with Gasteiger partial charge >= 0.3 is 0 Å². The number of H-pyrrole nitrogens is 1. The van der Waals surface area contributed by atoms with Crippen molar-refractivity contribution in [2.45, 2.75) is 0 Å². The van der Waals surface area contributed by atoms with Crippen molar-refractivity contribution >= 4 is 16.9 Å². The summed E-state index contributed by atoms with van der Waals surface area (Å²) in [5.74, 6) is 0.481. The van der Waals surface area contributed by atoms with Gasteiger partial charge in [0.15, 0.2) is 0 Å². The molecule has 0 atom stereocenters. The van der Waals surface area contributed by atoms with E-state index in [2.05, 4.69) is 20.2 Å². The molecule has 0 amide bonds. The highest BCUT2D eigenvalue weighted by Crippen LogP contribution is 2.21. The van der Waals surface area contributed by atoms with Crippen LogP contribution in [0.25, 0.3) is 22.3 Å². The van der Waals surface area contributed by atoms with E-state index in [4.69, 9.17) is 5.73 Å². The van der Waals surface area contributed by atoms with Crippen LogP contribution in [0.4, 0.5) is 5.82 Å². The predicted octanol–water partition coefficient (Wildman–Crippen LogP) is 1.60. The van der Waals surface area contributed by atoms with E-state index in [1.54, 1.807) is 18.5 Å². The Hall–Kier alpha value is -2.43. The van der Waals surface area contributed by atoms with E-state index in [1.807, 2.05) is 18.2 Å². The SMILES string of the molecule is Nc1cc(-c2ccc3nccnc3c2)[nH]n1. The third-order valence-corrected chi connectivity index (χ3v) is 2.38. The fourth-order valence-electron chi connectivity index (χ4n) is 1.62. The smallest absolute Gasteiger partial charge is 0.145 e. The average molecular weight is 211 g/mol. The molecule has 0 aliphatic carbocycles. The zero-order valence-corrected chi connectivity index (χ0v) is 8.38. The number of fused-ring (bicyclic) bond motifs is 1. The number of nitrogens with two attached hydrogens (primary N) is 1. The summed E-state index contributed by atoms with van der Waals surface area (Å²) in [6.07, 6.45) is 3.35. The molecular weight excluding hydrogens is 202 g/mol. The number of nitrogen functional groups attached to an aromatic ring is 1. The van der Waals surface area contributed by atoms with Crippen LogP contribution in [0.3, 0.4) is 0 Å². The zero-order valence-electron chi connectivity index (χ0n) is 8.38. The second-order valence-electron chi connectivity index (χ2n) is 3.47. The fourth-order valence-corrected chi connectivity index (χ4v) is 1.62. The van der Waals surface area contributed by atoms with Crippen LogP contribution >= 0.6 is 0 Å². The summed E-state index contributed by atoms with van der Waals surface area (Å²) in [4.78, 5) is 8.45. The summed E-state index contributed by atoms with van der Waals surface area (Å²) >= 11 is 0. The van der Waals surface area contributed by atoms with Crippen molar-refractivity contribution in [1.82, 2.24) is 20.2 Å². The molecule has 0 fully saturated rings. The van der Waals surface area contributed by atoms with Crippen molar-refractivity contribution < 1.29 is 0 Å². The van der Waals surface area contributed by atoms with Gasteiger partial charge in [-0.05, 0) is 12.1 Å². The van der Waals surface area contributed by atoms with Crippen molar-refractivity contribution in [1.29, 1.82) is 0 Å². The molecule has 0 radical (unpaired) electrons. The van der Waals surface area contributed by atoms with Gasteiger partial charge in [-0.25, -0.2) is 0 Å². The van der Waals surface area contributed by atoms with E-state index in [-0.39, 0.29) is 0 Å². The predicted molar refractivity (Wildman–Crippen MR) is 61.5 cm³/mol. The Balaban J connectivity index is 2.18. The first kappa shape index (κ1) is 8.84. The molecule has 3 N–H and O–H groups in total. The van der Waals surface area contributed by atoms with Crippen LogP contribution in [0, 0.1) is 0 Å². The molecule has 3 aromatic rings. The first-order chi connectivity index (χ1) is 7.83. The van der Waals surface area contributed by atoms with Crippen LogP contribution in [0.5, 0.6) is 0 Å². The number of aromatic nitrogens is 4. The van der Waals surface area contributed by atoms with Crippen molar-refractivity contribution in [3.63, 3.8) is 0 Å². The number of hydrogen-bond donors (Lipinski definition) is 2. The lowest BCUT2D eigenvalue weighted by molar-refractivity contribution is 1.10. The average Bonchev–Trinajstić information content (AvgIpc) is 2.75. The van der Waals surface area contributed by atoms with Crippen molar-refractivity contribution in [2.24, 2.45) is 0 Å². The number of rotatable bonds is 1. The van der Waals surface area contributed by atoms with Gasteiger partial charge in [0.2, 0.25) is 0 Å². The second kappa shape index (κ2) is 3.30. The number of benzene rings is 1. The lowest BCUT2D eigenvalue weighted by Crippen LogP contribution is -1.84. The van der Waals surface area contributed by atoms with Gasteiger partial charge in [0.05, 0.1) is 16.7 Å². The van der Waals surface area contributed by atoms with Gasteiger partial charge in [-0.1, -0.05) is 6.07 Å². The molecule has 5 nitrogen and oxygen atoms in total. The number of nitrogens with one attached hydrogen (secondary N) is 1. The first-order valence-corrected chi connectivity index (χ1v) is 4.85. The topological polar surface area (TPSA) is 80.5 Å². The summed E-state index contributed by atoms with van der Waals surface area (Å²) in [5.41, 5.74) is 9.16. The normalized spacial score (nSPS) is 10.8. The molecule has 3 rings (SSSR count). The minimum atomic E-state index is 0.481. The minimum absolute atomic E-state index is 0.481. The summed E-state index contributed by atoms with van der Waals surface area (Å²) in [7, 11) is 0. The Kier molecular flexibility index (Phi) is 1.83. The highest BCUT2D eigenvalue weighted by atomic mass is 15.2. The maximum absolute atomic E-state index is 5.56. The summed E-state index contributed by atoms with van der Waals surface area (Å²) in [6, 6.07) is 7.63. The van der Waals surface area contributed by atoms with Crippen LogP contribution in [0.15, 0.2) is 36.7 Å². The largest absolute Gasteiger partial charge is 0.382 e. The van der Waals surface area contributed by atoms with E-state index in [1.165, 1.54) is 0 Å². The molecule has 1 aromatic carbocycles. The van der Waals surface area contributed by atoms with Gasteiger partial charge < -0.3 is 5.73 Å². The standard InChI is InChI=1S/C11H9N5/c12-11-6-9(15-16-11)7-1-2-8-10(5-7)14-4-3-13-8/h1-6H,(H3,12,15,16). The quantitative estimate of drug-likeness (QED) is 0.640.